The Morgan fingerprint density at radius 3 is 2.45 bits per heavy atom. The molecule has 20 heavy (non-hydrogen) atoms. The highest BCUT2D eigenvalue weighted by molar-refractivity contribution is 7.89. The fourth-order valence-corrected chi connectivity index (χ4v) is 4.03. The van der Waals surface area contributed by atoms with E-state index in [-0.39, 0.29) is 11.4 Å². The van der Waals surface area contributed by atoms with E-state index < -0.39 is 10.0 Å². The number of rotatable bonds is 5. The van der Waals surface area contributed by atoms with Crippen molar-refractivity contribution in [2.24, 2.45) is 5.84 Å². The third-order valence-electron chi connectivity index (χ3n) is 2.82. The van der Waals surface area contributed by atoms with Gasteiger partial charge < -0.3 is 5.43 Å². The first-order valence-electron chi connectivity index (χ1n) is 5.88. The lowest BCUT2D eigenvalue weighted by atomic mass is 10.1. The van der Waals surface area contributed by atoms with E-state index in [2.05, 4.69) is 15.1 Å². The molecule has 0 amide bonds. The number of sulfonamides is 1. The van der Waals surface area contributed by atoms with Crippen molar-refractivity contribution in [3.8, 4) is 0 Å². The second-order valence-corrected chi connectivity index (χ2v) is 6.81. The summed E-state index contributed by atoms with van der Waals surface area (Å²) < 4.78 is 27.3. The molecule has 0 aliphatic carbocycles. The average molecular weight is 312 g/mol. The third kappa shape index (κ3) is 3.15. The molecule has 1 aromatic carbocycles. The predicted octanol–water partition coefficient (Wildman–Crippen LogP) is 1.52. The molecule has 0 unspecified atom stereocenters. The molecule has 0 aliphatic heterocycles. The number of nitrogens with zero attached hydrogens (tertiary/aromatic N) is 1. The number of hydrogen-bond donors (Lipinski definition) is 3. The van der Waals surface area contributed by atoms with E-state index in [1.165, 1.54) is 11.3 Å². The Labute approximate surface area is 122 Å². The zero-order valence-corrected chi connectivity index (χ0v) is 12.8. The van der Waals surface area contributed by atoms with Crippen molar-refractivity contribution in [1.82, 2.24) is 9.71 Å². The number of thiazole rings is 1. The number of nitrogen functional groups attached to an aromatic ring is 1. The summed E-state index contributed by atoms with van der Waals surface area (Å²) >= 11 is 1.43. The van der Waals surface area contributed by atoms with Gasteiger partial charge in [-0.2, -0.15) is 0 Å². The molecule has 2 rings (SSSR count). The van der Waals surface area contributed by atoms with E-state index >= 15 is 0 Å². The van der Waals surface area contributed by atoms with E-state index in [0.29, 0.717) is 22.5 Å². The van der Waals surface area contributed by atoms with Gasteiger partial charge in [0.25, 0.3) is 0 Å². The van der Waals surface area contributed by atoms with Crippen molar-refractivity contribution < 1.29 is 8.42 Å². The Kier molecular flexibility index (Phi) is 4.39. The van der Waals surface area contributed by atoms with Crippen LogP contribution in [0.5, 0.6) is 0 Å². The molecule has 2 aromatic rings. The molecule has 8 heteroatoms. The summed E-state index contributed by atoms with van der Waals surface area (Å²) in [6.07, 6.45) is 0. The second-order valence-electron chi connectivity index (χ2n) is 4.39. The van der Waals surface area contributed by atoms with Crippen molar-refractivity contribution in [1.29, 1.82) is 0 Å². The van der Waals surface area contributed by atoms with Crippen LogP contribution in [0.4, 0.5) is 5.69 Å². The van der Waals surface area contributed by atoms with Crippen molar-refractivity contribution in [3.63, 3.8) is 0 Å². The van der Waals surface area contributed by atoms with E-state index in [4.69, 9.17) is 5.84 Å². The van der Waals surface area contributed by atoms with Crippen LogP contribution >= 0.6 is 11.3 Å². The zero-order valence-electron chi connectivity index (χ0n) is 11.2. The molecule has 108 valence electrons. The highest BCUT2D eigenvalue weighted by atomic mass is 32.2. The second kappa shape index (κ2) is 5.88. The summed E-state index contributed by atoms with van der Waals surface area (Å²) in [7, 11) is -3.58. The zero-order chi connectivity index (χ0) is 14.8. The topological polar surface area (TPSA) is 97.1 Å². The van der Waals surface area contributed by atoms with Crippen LogP contribution < -0.4 is 16.0 Å². The van der Waals surface area contributed by atoms with Crippen LogP contribution in [-0.2, 0) is 16.6 Å². The summed E-state index contributed by atoms with van der Waals surface area (Å²) in [4.78, 5) is 4.33. The number of nitrogens with one attached hydrogen (secondary N) is 2. The van der Waals surface area contributed by atoms with Gasteiger partial charge in [-0.15, -0.1) is 11.3 Å². The third-order valence-corrected chi connectivity index (χ3v) is 5.16. The molecule has 0 radical (unpaired) electrons. The Hall–Kier alpha value is -1.48. The minimum Gasteiger partial charge on any atom is -0.324 e. The number of anilines is 1. The lowest BCUT2D eigenvalue weighted by Crippen LogP contribution is -2.25. The van der Waals surface area contributed by atoms with Crippen LogP contribution in [0.2, 0.25) is 0 Å². The summed E-state index contributed by atoms with van der Waals surface area (Å²) in [5, 5.41) is 1.81. The van der Waals surface area contributed by atoms with Crippen molar-refractivity contribution in [2.75, 3.05) is 5.43 Å². The monoisotopic (exact) mass is 312 g/mol. The van der Waals surface area contributed by atoms with E-state index in [9.17, 15) is 8.42 Å². The Balaban J connectivity index is 2.29. The van der Waals surface area contributed by atoms with Crippen LogP contribution in [-0.4, -0.2) is 13.4 Å². The van der Waals surface area contributed by atoms with Crippen molar-refractivity contribution >= 4 is 27.0 Å². The van der Waals surface area contributed by atoms with Crippen molar-refractivity contribution in [3.05, 3.63) is 39.8 Å². The van der Waals surface area contributed by atoms with Gasteiger partial charge in [0.1, 0.15) is 0 Å². The molecular weight excluding hydrogens is 296 g/mol. The van der Waals surface area contributed by atoms with Gasteiger partial charge in [-0.3, -0.25) is 5.84 Å². The smallest absolute Gasteiger partial charge is 0.241 e. The molecule has 0 atom stereocenters. The van der Waals surface area contributed by atoms with Crippen LogP contribution in [0.25, 0.3) is 0 Å². The van der Waals surface area contributed by atoms with Gasteiger partial charge in [-0.1, -0.05) is 0 Å². The Morgan fingerprint density at radius 2 is 1.95 bits per heavy atom. The van der Waals surface area contributed by atoms with E-state index in [0.717, 1.165) is 0 Å². The minimum absolute atomic E-state index is 0.182. The van der Waals surface area contributed by atoms with Gasteiger partial charge in [0.15, 0.2) is 0 Å². The van der Waals surface area contributed by atoms with E-state index in [1.54, 1.807) is 31.5 Å². The molecule has 0 bridgehead atoms. The van der Waals surface area contributed by atoms with Crippen molar-refractivity contribution in [2.45, 2.75) is 25.3 Å². The minimum atomic E-state index is -3.58. The highest BCUT2D eigenvalue weighted by Gasteiger charge is 2.20. The number of aryl methyl sites for hydroxylation is 2. The lowest BCUT2D eigenvalue weighted by Gasteiger charge is -2.13. The molecule has 0 saturated carbocycles. The Morgan fingerprint density at radius 1 is 1.30 bits per heavy atom. The summed E-state index contributed by atoms with van der Waals surface area (Å²) in [6.45, 7) is 3.66. The lowest BCUT2D eigenvalue weighted by molar-refractivity contribution is 0.579. The SMILES string of the molecule is Cc1cc(NN)cc(C)c1S(=O)(=O)NCc1cscn1. The molecule has 0 aliphatic rings. The average Bonchev–Trinajstić information content (AvgIpc) is 2.88. The largest absolute Gasteiger partial charge is 0.324 e. The van der Waals surface area contributed by atoms with Gasteiger partial charge >= 0.3 is 0 Å². The normalized spacial score (nSPS) is 11.6. The van der Waals surface area contributed by atoms with Gasteiger partial charge in [-0.05, 0) is 37.1 Å². The van der Waals surface area contributed by atoms with E-state index in [1.807, 2.05) is 5.38 Å². The molecular formula is C12H16N4O2S2. The fourth-order valence-electron chi connectivity index (χ4n) is 2.02. The molecule has 0 saturated heterocycles. The maximum absolute atomic E-state index is 12.4. The maximum Gasteiger partial charge on any atom is 0.241 e. The number of hydrazine groups is 1. The standard InChI is InChI=1S/C12H16N4O2S2/c1-8-3-10(16-13)4-9(2)12(8)20(17,18)15-5-11-6-19-7-14-11/h3-4,6-7,15-16H,5,13H2,1-2H3. The molecule has 6 nitrogen and oxygen atoms in total. The van der Waals surface area contributed by atoms with Gasteiger partial charge in [-0.25, -0.2) is 18.1 Å². The predicted molar refractivity (Wildman–Crippen MR) is 79.9 cm³/mol. The first-order chi connectivity index (χ1) is 9.44. The quantitative estimate of drug-likeness (QED) is 0.574. The fraction of sp³-hybridized carbons (Fsp3) is 0.250. The number of benzene rings is 1. The molecule has 1 aromatic heterocycles. The van der Waals surface area contributed by atoms with Gasteiger partial charge in [0, 0.05) is 11.1 Å². The molecule has 4 N–H and O–H groups in total. The number of hydrogen-bond acceptors (Lipinski definition) is 6. The maximum atomic E-state index is 12.4. The van der Waals surface area contributed by atoms with Crippen LogP contribution in [0, 0.1) is 13.8 Å². The molecule has 0 fully saturated rings. The number of aromatic nitrogens is 1. The molecule has 0 spiro atoms. The summed E-state index contributed by atoms with van der Waals surface area (Å²) in [5.74, 6) is 5.35. The molecule has 1 heterocycles. The number of nitrogens with two attached hydrogens (primary N) is 1. The first kappa shape index (κ1) is 14.9. The summed E-state index contributed by atoms with van der Waals surface area (Å²) in [5.41, 5.74) is 6.85. The van der Waals surface area contributed by atoms with Crippen LogP contribution in [0.15, 0.2) is 27.9 Å². The first-order valence-corrected chi connectivity index (χ1v) is 8.31. The highest BCUT2D eigenvalue weighted by Crippen LogP contribution is 2.24. The summed E-state index contributed by atoms with van der Waals surface area (Å²) in [6, 6.07) is 3.40. The van der Waals surface area contributed by atoms with Gasteiger partial charge in [0.05, 0.1) is 22.6 Å². The van der Waals surface area contributed by atoms with Crippen LogP contribution in [0.3, 0.4) is 0 Å². The van der Waals surface area contributed by atoms with Crippen LogP contribution in [0.1, 0.15) is 16.8 Å². The Bertz CT molecular complexity index is 673. The van der Waals surface area contributed by atoms with Gasteiger partial charge in [0.2, 0.25) is 10.0 Å².